The van der Waals surface area contributed by atoms with Crippen LogP contribution in [0.5, 0.6) is 0 Å². The van der Waals surface area contributed by atoms with E-state index in [-0.39, 0.29) is 0 Å². The van der Waals surface area contributed by atoms with Crippen molar-refractivity contribution in [1.29, 1.82) is 0 Å². The fraction of sp³-hybridized carbons (Fsp3) is 0.333. The van der Waals surface area contributed by atoms with Crippen LogP contribution in [0, 0.1) is 6.92 Å². The Balaban J connectivity index is 1.13. The van der Waals surface area contributed by atoms with Crippen molar-refractivity contribution in [1.82, 2.24) is 9.88 Å². The van der Waals surface area contributed by atoms with Crippen LogP contribution in [0.3, 0.4) is 0 Å². The van der Waals surface area contributed by atoms with Crippen molar-refractivity contribution in [2.75, 3.05) is 25.4 Å². The predicted molar refractivity (Wildman–Crippen MR) is 148 cm³/mol. The fourth-order valence-corrected chi connectivity index (χ4v) is 5.79. The standard InChI is InChI=1S/C30H32N2O4S/c1-21-27(31-28(36-21)25-13-11-24(12-14-25)23-7-3-2-4-8-23)16-18-35-26-9-5-6-22(10-15-26)20-32-17-19-37-29(32)30(33)34/h3,5-14,29H,2,4,15-20H2,1H3,(H,33,34). The highest BCUT2D eigenvalue weighted by molar-refractivity contribution is 8.00. The summed E-state index contributed by atoms with van der Waals surface area (Å²) in [7, 11) is 0. The molecule has 2 aromatic rings. The summed E-state index contributed by atoms with van der Waals surface area (Å²) in [5.41, 5.74) is 5.46. The molecule has 1 aromatic carbocycles. The molecule has 2 heterocycles. The number of benzene rings is 1. The summed E-state index contributed by atoms with van der Waals surface area (Å²) < 4.78 is 12.0. The number of thioether (sulfide) groups is 1. The van der Waals surface area contributed by atoms with E-state index in [2.05, 4.69) is 48.6 Å². The van der Waals surface area contributed by atoms with Crippen molar-refractivity contribution in [3.05, 3.63) is 95.1 Å². The van der Waals surface area contributed by atoms with E-state index < -0.39 is 11.3 Å². The number of carboxylic acids is 1. The number of hydrogen-bond acceptors (Lipinski definition) is 6. The minimum Gasteiger partial charge on any atom is -0.497 e. The van der Waals surface area contributed by atoms with Gasteiger partial charge in [-0.1, -0.05) is 48.6 Å². The summed E-state index contributed by atoms with van der Waals surface area (Å²) in [5.74, 6) is 2.43. The van der Waals surface area contributed by atoms with E-state index in [0.717, 1.165) is 53.5 Å². The van der Waals surface area contributed by atoms with E-state index >= 15 is 0 Å². The topological polar surface area (TPSA) is 75.8 Å². The second-order valence-corrected chi connectivity index (χ2v) is 10.5. The van der Waals surface area contributed by atoms with E-state index in [0.29, 0.717) is 31.9 Å². The number of carboxylic acid groups (broad SMARTS) is 1. The molecular weight excluding hydrogens is 484 g/mol. The van der Waals surface area contributed by atoms with Crippen LogP contribution >= 0.6 is 11.8 Å². The van der Waals surface area contributed by atoms with Gasteiger partial charge in [0.2, 0.25) is 5.89 Å². The Bertz CT molecular complexity index is 1280. The molecule has 1 saturated heterocycles. The van der Waals surface area contributed by atoms with Gasteiger partial charge in [0.1, 0.15) is 5.76 Å². The number of nitrogens with zero attached hydrogens (tertiary/aromatic N) is 2. The maximum absolute atomic E-state index is 11.4. The number of carbonyl (C=O) groups is 1. The highest BCUT2D eigenvalue weighted by Crippen LogP contribution is 2.28. The Morgan fingerprint density at radius 3 is 2.81 bits per heavy atom. The highest BCUT2D eigenvalue weighted by atomic mass is 32.2. The van der Waals surface area contributed by atoms with Crippen LogP contribution in [-0.2, 0) is 16.0 Å². The largest absolute Gasteiger partial charge is 0.497 e. The van der Waals surface area contributed by atoms with Crippen LogP contribution in [0.15, 0.2) is 82.5 Å². The third-order valence-electron chi connectivity index (χ3n) is 6.72. The number of ether oxygens (including phenoxy) is 1. The predicted octanol–water partition coefficient (Wildman–Crippen LogP) is 6.17. The van der Waals surface area contributed by atoms with Crippen LogP contribution in [-0.4, -0.2) is 51.8 Å². The summed E-state index contributed by atoms with van der Waals surface area (Å²) in [6.07, 6.45) is 18.4. The Kier molecular flexibility index (Phi) is 8.12. The molecule has 1 aliphatic heterocycles. The summed E-state index contributed by atoms with van der Waals surface area (Å²) >= 11 is 1.49. The van der Waals surface area contributed by atoms with Gasteiger partial charge in [-0.25, -0.2) is 9.78 Å². The maximum atomic E-state index is 11.4. The molecule has 0 amide bonds. The quantitative estimate of drug-likeness (QED) is 0.427. The lowest BCUT2D eigenvalue weighted by Gasteiger charge is -2.20. The van der Waals surface area contributed by atoms with Crippen LogP contribution in [0.25, 0.3) is 17.0 Å². The second-order valence-electron chi connectivity index (χ2n) is 9.34. The molecule has 7 heteroatoms. The lowest BCUT2D eigenvalue weighted by Crippen LogP contribution is -2.35. The molecule has 3 aliphatic rings. The van der Waals surface area contributed by atoms with Crippen molar-refractivity contribution in [3.63, 3.8) is 0 Å². The number of hydrogen-bond donors (Lipinski definition) is 1. The van der Waals surface area contributed by atoms with Crippen LogP contribution in [0.2, 0.25) is 0 Å². The molecule has 5 rings (SSSR count). The average Bonchev–Trinajstić information content (AvgIpc) is 3.46. The number of aliphatic carboxylic acids is 1. The summed E-state index contributed by atoms with van der Waals surface area (Å²) in [5, 5.41) is 8.94. The molecule has 1 fully saturated rings. The number of rotatable bonds is 9. The van der Waals surface area contributed by atoms with Crippen molar-refractivity contribution in [3.8, 4) is 11.5 Å². The minimum atomic E-state index is -0.763. The van der Waals surface area contributed by atoms with Gasteiger partial charge < -0.3 is 14.3 Å². The zero-order valence-corrected chi connectivity index (χ0v) is 21.9. The Labute approximate surface area is 222 Å². The Morgan fingerprint density at radius 2 is 2.03 bits per heavy atom. The van der Waals surface area contributed by atoms with Gasteiger partial charge in [0.05, 0.1) is 18.1 Å². The van der Waals surface area contributed by atoms with Crippen molar-refractivity contribution >= 4 is 23.3 Å². The zero-order valence-electron chi connectivity index (χ0n) is 21.1. The van der Waals surface area contributed by atoms with Crippen molar-refractivity contribution in [2.24, 2.45) is 0 Å². The molecule has 0 spiro atoms. The van der Waals surface area contributed by atoms with E-state index in [9.17, 15) is 9.90 Å². The van der Waals surface area contributed by atoms with E-state index in [4.69, 9.17) is 14.1 Å². The molecule has 0 bridgehead atoms. The first-order valence-corrected chi connectivity index (χ1v) is 13.8. The number of aromatic nitrogens is 1. The van der Waals surface area contributed by atoms with Gasteiger partial charge in [0.15, 0.2) is 5.37 Å². The van der Waals surface area contributed by atoms with Crippen LogP contribution in [0.4, 0.5) is 0 Å². The smallest absolute Gasteiger partial charge is 0.331 e. The van der Waals surface area contributed by atoms with E-state index in [1.54, 1.807) is 0 Å². The number of oxazole rings is 1. The highest BCUT2D eigenvalue weighted by Gasteiger charge is 2.31. The molecule has 1 unspecified atom stereocenters. The molecule has 0 radical (unpaired) electrons. The van der Waals surface area contributed by atoms with Gasteiger partial charge >= 0.3 is 5.97 Å². The molecule has 2 aliphatic carbocycles. The van der Waals surface area contributed by atoms with Crippen molar-refractivity contribution in [2.45, 2.75) is 38.0 Å². The third kappa shape index (κ3) is 6.35. The van der Waals surface area contributed by atoms with E-state index in [1.165, 1.54) is 22.9 Å². The van der Waals surface area contributed by atoms with Crippen LogP contribution < -0.4 is 0 Å². The van der Waals surface area contributed by atoms with E-state index in [1.807, 2.05) is 30.1 Å². The van der Waals surface area contributed by atoms with Gasteiger partial charge in [-0.3, -0.25) is 4.90 Å². The molecule has 1 atom stereocenters. The first-order valence-electron chi connectivity index (χ1n) is 12.8. The monoisotopic (exact) mass is 516 g/mol. The SMILES string of the molecule is Cc1oc(-c2ccc(C3=CCCC=C3)cc2)nc1CCOC1=CC=CC(CN2CCSC2C(=O)O)=CC1. The summed E-state index contributed by atoms with van der Waals surface area (Å²) in [6.45, 7) is 3.89. The van der Waals surface area contributed by atoms with Gasteiger partial charge in [-0.2, -0.15) is 0 Å². The first kappa shape index (κ1) is 25.4. The van der Waals surface area contributed by atoms with Crippen LogP contribution in [0.1, 0.15) is 36.3 Å². The number of allylic oxidation sites excluding steroid dienone is 7. The Morgan fingerprint density at radius 1 is 1.19 bits per heavy atom. The molecule has 0 saturated carbocycles. The normalized spacial score (nSPS) is 19.8. The summed E-state index contributed by atoms with van der Waals surface area (Å²) in [4.78, 5) is 18.2. The second kappa shape index (κ2) is 11.8. The molecule has 6 nitrogen and oxygen atoms in total. The average molecular weight is 517 g/mol. The molecular formula is C30H32N2O4S. The minimum absolute atomic E-state index is 0.457. The maximum Gasteiger partial charge on any atom is 0.331 e. The fourth-order valence-electron chi connectivity index (χ4n) is 4.69. The molecule has 1 N–H and O–H groups in total. The molecule has 37 heavy (non-hydrogen) atoms. The molecule has 1 aromatic heterocycles. The Hall–Kier alpha value is -3.29. The lowest BCUT2D eigenvalue weighted by molar-refractivity contribution is -0.139. The summed E-state index contributed by atoms with van der Waals surface area (Å²) in [6, 6.07) is 8.38. The first-order chi connectivity index (χ1) is 18.1. The lowest BCUT2D eigenvalue weighted by atomic mass is 9.99. The van der Waals surface area contributed by atoms with Gasteiger partial charge in [0, 0.05) is 37.2 Å². The van der Waals surface area contributed by atoms with Crippen molar-refractivity contribution < 1.29 is 19.1 Å². The third-order valence-corrected chi connectivity index (χ3v) is 7.95. The van der Waals surface area contributed by atoms with Gasteiger partial charge in [-0.15, -0.1) is 11.8 Å². The zero-order chi connectivity index (χ0) is 25.6. The number of aryl methyl sites for hydroxylation is 1. The van der Waals surface area contributed by atoms with Gasteiger partial charge in [-0.05, 0) is 54.7 Å². The molecule has 192 valence electrons. The van der Waals surface area contributed by atoms with Gasteiger partial charge in [0.25, 0.3) is 0 Å².